The molecule has 0 unspecified atom stereocenters. The minimum absolute atomic E-state index is 0.0216. The van der Waals surface area contributed by atoms with Crippen molar-refractivity contribution in [2.24, 2.45) is 0 Å². The number of unbranched alkanes of at least 4 members (excludes halogenated alkanes) is 2. The first-order chi connectivity index (χ1) is 18.0. The van der Waals surface area contributed by atoms with E-state index in [1.807, 2.05) is 6.92 Å². The van der Waals surface area contributed by atoms with Gasteiger partial charge >= 0.3 is 5.97 Å². The number of ether oxygens (including phenoxy) is 3. The van der Waals surface area contributed by atoms with Crippen LogP contribution >= 0.6 is 0 Å². The zero-order valence-electron chi connectivity index (χ0n) is 21.7. The van der Waals surface area contributed by atoms with Crippen molar-refractivity contribution in [3.05, 3.63) is 51.6 Å². The number of esters is 1. The Morgan fingerprint density at radius 1 is 1.00 bits per heavy atom. The van der Waals surface area contributed by atoms with Crippen LogP contribution in [0, 0.1) is 6.92 Å². The van der Waals surface area contributed by atoms with Crippen LogP contribution in [0.5, 0.6) is 17.2 Å². The van der Waals surface area contributed by atoms with Gasteiger partial charge in [0.1, 0.15) is 35.6 Å². The average Bonchev–Trinajstić information content (AvgIpc) is 2.87. The van der Waals surface area contributed by atoms with Crippen molar-refractivity contribution in [2.75, 3.05) is 0 Å². The summed E-state index contributed by atoms with van der Waals surface area (Å²) in [5.41, 5.74) is 0.436. The predicted octanol–water partition coefficient (Wildman–Crippen LogP) is 2.34. The molecule has 0 spiro atoms. The summed E-state index contributed by atoms with van der Waals surface area (Å²) in [6.07, 6.45) is -4.15. The van der Waals surface area contributed by atoms with Gasteiger partial charge in [-0.2, -0.15) is 0 Å². The predicted molar refractivity (Wildman–Crippen MR) is 134 cm³/mol. The van der Waals surface area contributed by atoms with Crippen LogP contribution in [0.1, 0.15) is 83.0 Å². The van der Waals surface area contributed by atoms with E-state index in [1.54, 1.807) is 0 Å². The summed E-state index contributed by atoms with van der Waals surface area (Å²) in [7, 11) is 0. The van der Waals surface area contributed by atoms with Crippen molar-refractivity contribution < 1.29 is 49.0 Å². The van der Waals surface area contributed by atoms with Crippen molar-refractivity contribution in [3.63, 3.8) is 0 Å². The third-order valence-electron chi connectivity index (χ3n) is 7.03. The number of benzene rings is 2. The number of carbonyl (C=O) groups excluding carboxylic acids is 3. The fraction of sp³-hybridized carbons (Fsp3) is 0.464. The molecule has 4 rings (SSSR count). The smallest absolute Gasteiger partial charge is 0.308 e. The molecule has 1 aliphatic heterocycles. The molecule has 38 heavy (non-hydrogen) atoms. The molecule has 2 aromatic rings. The molecule has 0 amide bonds. The lowest BCUT2D eigenvalue weighted by Gasteiger charge is -2.39. The Kier molecular flexibility index (Phi) is 7.89. The topological polar surface area (TPSA) is 160 Å². The highest BCUT2D eigenvalue weighted by atomic mass is 16.7. The average molecular weight is 529 g/mol. The van der Waals surface area contributed by atoms with E-state index in [-0.39, 0.29) is 39.3 Å². The number of rotatable bonds is 7. The second-order valence-corrected chi connectivity index (χ2v) is 9.75. The van der Waals surface area contributed by atoms with Gasteiger partial charge in [0.2, 0.25) is 6.29 Å². The molecule has 0 saturated carbocycles. The van der Waals surface area contributed by atoms with E-state index in [1.165, 1.54) is 39.0 Å². The van der Waals surface area contributed by atoms with Crippen LogP contribution in [0.15, 0.2) is 18.2 Å². The Morgan fingerprint density at radius 3 is 2.34 bits per heavy atom. The van der Waals surface area contributed by atoms with E-state index in [4.69, 9.17) is 14.2 Å². The molecule has 10 heteroatoms. The zero-order valence-corrected chi connectivity index (χ0v) is 21.7. The first kappa shape index (κ1) is 27.7. The van der Waals surface area contributed by atoms with E-state index in [0.29, 0.717) is 18.4 Å². The summed E-state index contributed by atoms with van der Waals surface area (Å²) in [4.78, 5) is 38.8. The second kappa shape index (κ2) is 10.8. The SMILES string of the molecule is CCCCCc1c(O[C@@H]2O[C@@H](C)[C@@H](O)[C@@H](O)[C@H]2O)c(C)c(O)c2c1C(=O)c1cc(OC(C)=O)ccc1C2=O. The molecular formula is C28H32O10. The quantitative estimate of drug-likeness (QED) is 0.204. The molecule has 204 valence electrons. The Hall–Kier alpha value is -3.31. The number of hydrogen-bond acceptors (Lipinski definition) is 10. The highest BCUT2D eigenvalue weighted by Crippen LogP contribution is 2.45. The first-order valence-corrected chi connectivity index (χ1v) is 12.6. The van der Waals surface area contributed by atoms with E-state index in [2.05, 4.69) is 0 Å². The molecule has 0 bridgehead atoms. The summed E-state index contributed by atoms with van der Waals surface area (Å²) in [6.45, 7) is 6.26. The summed E-state index contributed by atoms with van der Waals surface area (Å²) in [6, 6.07) is 4.11. The molecular weight excluding hydrogens is 496 g/mol. The number of aliphatic hydroxyl groups excluding tert-OH is 3. The van der Waals surface area contributed by atoms with E-state index >= 15 is 0 Å². The lowest BCUT2D eigenvalue weighted by Crippen LogP contribution is -2.58. The van der Waals surface area contributed by atoms with Crippen LogP contribution in [0.2, 0.25) is 0 Å². The lowest BCUT2D eigenvalue weighted by molar-refractivity contribution is -0.268. The number of carbonyl (C=O) groups is 3. The molecule has 2 aliphatic rings. The Bertz CT molecular complexity index is 1280. The van der Waals surface area contributed by atoms with E-state index in [9.17, 15) is 34.8 Å². The molecule has 0 aromatic heterocycles. The Balaban J connectivity index is 1.87. The molecule has 4 N–H and O–H groups in total. The third kappa shape index (κ3) is 4.80. The number of aromatic hydroxyl groups is 1. The van der Waals surface area contributed by atoms with Crippen molar-refractivity contribution in [1.82, 2.24) is 0 Å². The van der Waals surface area contributed by atoms with Crippen molar-refractivity contribution >= 4 is 17.5 Å². The van der Waals surface area contributed by atoms with Gasteiger partial charge in [0.05, 0.1) is 11.7 Å². The van der Waals surface area contributed by atoms with Crippen LogP contribution in [-0.2, 0) is 16.0 Å². The fourth-order valence-electron chi connectivity index (χ4n) is 4.96. The summed E-state index contributed by atoms with van der Waals surface area (Å²) in [5.74, 6) is -1.99. The van der Waals surface area contributed by atoms with Crippen LogP contribution < -0.4 is 9.47 Å². The first-order valence-electron chi connectivity index (χ1n) is 12.6. The van der Waals surface area contributed by atoms with Gasteiger partial charge in [-0.15, -0.1) is 0 Å². The van der Waals surface area contributed by atoms with Gasteiger partial charge in [-0.1, -0.05) is 19.8 Å². The fourth-order valence-corrected chi connectivity index (χ4v) is 4.96. The van der Waals surface area contributed by atoms with Crippen molar-refractivity contribution in [2.45, 2.75) is 84.1 Å². The van der Waals surface area contributed by atoms with E-state index < -0.39 is 54.0 Å². The number of phenols is 1. The van der Waals surface area contributed by atoms with Gasteiger partial charge in [0.15, 0.2) is 11.6 Å². The number of aliphatic hydroxyl groups is 3. The normalized spacial score (nSPS) is 24.6. The molecule has 1 saturated heterocycles. The van der Waals surface area contributed by atoms with Gasteiger partial charge in [0, 0.05) is 34.7 Å². The minimum atomic E-state index is -1.62. The minimum Gasteiger partial charge on any atom is -0.507 e. The molecule has 0 radical (unpaired) electrons. The van der Waals surface area contributed by atoms with Crippen LogP contribution in [-0.4, -0.2) is 68.7 Å². The maximum Gasteiger partial charge on any atom is 0.308 e. The number of ketones is 2. The van der Waals surface area contributed by atoms with Crippen molar-refractivity contribution in [3.8, 4) is 17.2 Å². The van der Waals surface area contributed by atoms with Crippen LogP contribution in [0.25, 0.3) is 0 Å². The standard InChI is InChI=1S/C28H32O10/c1-5-6-7-8-17-19-20(23(32)16-10-9-15(37-14(4)29)11-18(16)24(19)33)21(30)12(2)27(17)38-28-26(35)25(34)22(31)13(3)36-28/h9-11,13,22,25-26,28,30-31,34-35H,5-8H2,1-4H3/t13-,22+,25+,26+,28-/m0/s1. The van der Waals surface area contributed by atoms with Gasteiger partial charge in [-0.3, -0.25) is 14.4 Å². The van der Waals surface area contributed by atoms with Gasteiger partial charge < -0.3 is 34.6 Å². The lowest BCUT2D eigenvalue weighted by atomic mass is 9.78. The summed E-state index contributed by atoms with van der Waals surface area (Å²) in [5, 5.41) is 42.0. The monoisotopic (exact) mass is 528 g/mol. The van der Waals surface area contributed by atoms with Crippen LogP contribution in [0.4, 0.5) is 0 Å². The maximum absolute atomic E-state index is 13.9. The van der Waals surface area contributed by atoms with E-state index in [0.717, 1.165) is 12.8 Å². The largest absolute Gasteiger partial charge is 0.507 e. The summed E-state index contributed by atoms with van der Waals surface area (Å²) < 4.78 is 16.7. The van der Waals surface area contributed by atoms with Gasteiger partial charge in [0.25, 0.3) is 0 Å². The molecule has 2 aromatic carbocycles. The number of hydrogen-bond donors (Lipinski definition) is 4. The maximum atomic E-state index is 13.9. The van der Waals surface area contributed by atoms with Gasteiger partial charge in [-0.05, 0) is 44.9 Å². The molecule has 5 atom stereocenters. The highest BCUT2D eigenvalue weighted by molar-refractivity contribution is 6.30. The molecule has 10 nitrogen and oxygen atoms in total. The summed E-state index contributed by atoms with van der Waals surface area (Å²) >= 11 is 0. The zero-order chi connectivity index (χ0) is 27.9. The Labute approximate surface area is 219 Å². The second-order valence-electron chi connectivity index (χ2n) is 9.75. The number of phenolic OH excluding ortho intramolecular Hbond substituents is 1. The highest BCUT2D eigenvalue weighted by Gasteiger charge is 2.44. The molecule has 1 heterocycles. The number of fused-ring (bicyclic) bond motifs is 2. The molecule has 1 aliphatic carbocycles. The molecule has 1 fully saturated rings. The van der Waals surface area contributed by atoms with Crippen molar-refractivity contribution in [1.29, 1.82) is 0 Å². The third-order valence-corrected chi connectivity index (χ3v) is 7.03. The van der Waals surface area contributed by atoms with Crippen LogP contribution in [0.3, 0.4) is 0 Å². The van der Waals surface area contributed by atoms with Gasteiger partial charge in [-0.25, -0.2) is 0 Å². The Morgan fingerprint density at radius 2 is 1.68 bits per heavy atom.